The maximum absolute atomic E-state index is 12.5. The molecule has 6 nitrogen and oxygen atoms in total. The van der Waals surface area contributed by atoms with Gasteiger partial charge < -0.3 is 15.3 Å². The Labute approximate surface area is 153 Å². The van der Waals surface area contributed by atoms with E-state index in [0.717, 1.165) is 31.9 Å². The highest BCUT2D eigenvalue weighted by Crippen LogP contribution is 2.20. The van der Waals surface area contributed by atoms with E-state index in [1.807, 2.05) is 19.1 Å². The summed E-state index contributed by atoms with van der Waals surface area (Å²) < 4.78 is 0. The second-order valence-corrected chi connectivity index (χ2v) is 6.40. The Bertz CT molecular complexity index is 805. The molecular formula is C20H22N4O2. The first-order chi connectivity index (χ1) is 12.6. The lowest BCUT2D eigenvalue weighted by molar-refractivity contribution is -0.120. The van der Waals surface area contributed by atoms with Gasteiger partial charge in [0.2, 0.25) is 5.91 Å². The number of rotatable bonds is 4. The van der Waals surface area contributed by atoms with Crippen molar-refractivity contribution in [2.45, 2.75) is 13.0 Å². The summed E-state index contributed by atoms with van der Waals surface area (Å²) >= 11 is 0. The molecule has 2 N–H and O–H groups in total. The highest BCUT2D eigenvalue weighted by molar-refractivity contribution is 5.94. The quantitative estimate of drug-likeness (QED) is 0.885. The number of hydrogen-bond donors (Lipinski definition) is 2. The zero-order chi connectivity index (χ0) is 18.5. The van der Waals surface area contributed by atoms with Gasteiger partial charge in [-0.3, -0.25) is 9.69 Å². The Morgan fingerprint density at radius 1 is 1.15 bits per heavy atom. The topological polar surface area (TPSA) is 79.6 Å². The summed E-state index contributed by atoms with van der Waals surface area (Å²) in [6.45, 7) is 5.12. The Kier molecular flexibility index (Phi) is 5.40. The third kappa shape index (κ3) is 4.13. The summed E-state index contributed by atoms with van der Waals surface area (Å²) in [5.41, 5.74) is 2.24. The lowest BCUT2D eigenvalue weighted by Crippen LogP contribution is -2.52. The van der Waals surface area contributed by atoms with Crippen molar-refractivity contribution in [2.75, 3.05) is 36.4 Å². The van der Waals surface area contributed by atoms with Crippen molar-refractivity contribution in [3.8, 4) is 11.8 Å². The second kappa shape index (κ2) is 7.89. The van der Waals surface area contributed by atoms with Crippen LogP contribution in [-0.4, -0.2) is 48.1 Å². The van der Waals surface area contributed by atoms with E-state index in [1.54, 1.807) is 36.4 Å². The summed E-state index contributed by atoms with van der Waals surface area (Å²) in [5.74, 6) is 0.191. The first kappa shape index (κ1) is 17.8. The highest BCUT2D eigenvalue weighted by Gasteiger charge is 2.25. The van der Waals surface area contributed by atoms with Crippen molar-refractivity contribution in [3.05, 3.63) is 54.1 Å². The van der Waals surface area contributed by atoms with Crippen molar-refractivity contribution in [3.63, 3.8) is 0 Å². The molecule has 0 radical (unpaired) electrons. The van der Waals surface area contributed by atoms with Gasteiger partial charge in [0.05, 0.1) is 17.7 Å². The third-order valence-corrected chi connectivity index (χ3v) is 4.72. The summed E-state index contributed by atoms with van der Waals surface area (Å²) in [7, 11) is 0. The Balaban J connectivity index is 1.55. The number of carbonyl (C=O) groups is 1. The minimum absolute atomic E-state index is 0.0711. The van der Waals surface area contributed by atoms with Crippen LogP contribution in [0.5, 0.6) is 5.75 Å². The molecule has 0 aromatic heterocycles. The molecule has 1 fully saturated rings. The molecule has 2 aromatic rings. The van der Waals surface area contributed by atoms with E-state index in [1.165, 1.54) is 0 Å². The van der Waals surface area contributed by atoms with E-state index in [4.69, 9.17) is 5.26 Å². The summed E-state index contributed by atoms with van der Waals surface area (Å²) in [5, 5.41) is 21.2. The number of anilines is 2. The van der Waals surface area contributed by atoms with E-state index in [0.29, 0.717) is 11.3 Å². The average Bonchev–Trinajstić information content (AvgIpc) is 2.68. The SMILES string of the molecule is C[C@H](C(=O)Nc1cccc(C#N)c1)N1CCN(c2ccc(O)cc2)CC1. The smallest absolute Gasteiger partial charge is 0.241 e. The molecule has 0 aliphatic carbocycles. The van der Waals surface area contributed by atoms with Crippen molar-refractivity contribution in [1.29, 1.82) is 5.26 Å². The normalized spacial score (nSPS) is 15.9. The van der Waals surface area contributed by atoms with Crippen LogP contribution in [0.25, 0.3) is 0 Å². The zero-order valence-corrected chi connectivity index (χ0v) is 14.7. The van der Waals surface area contributed by atoms with Gasteiger partial charge in [-0.2, -0.15) is 5.26 Å². The van der Waals surface area contributed by atoms with E-state index in [2.05, 4.69) is 21.2 Å². The number of nitrogens with one attached hydrogen (secondary N) is 1. The van der Waals surface area contributed by atoms with Crippen LogP contribution in [0.2, 0.25) is 0 Å². The van der Waals surface area contributed by atoms with Crippen LogP contribution in [0.4, 0.5) is 11.4 Å². The molecule has 1 atom stereocenters. The van der Waals surface area contributed by atoms with E-state index < -0.39 is 0 Å². The Hall–Kier alpha value is -3.04. The van der Waals surface area contributed by atoms with E-state index in [-0.39, 0.29) is 17.7 Å². The number of phenolic OH excluding ortho intramolecular Hbond substituents is 1. The average molecular weight is 350 g/mol. The number of nitriles is 1. The second-order valence-electron chi connectivity index (χ2n) is 6.40. The van der Waals surface area contributed by atoms with Gasteiger partial charge in [0.1, 0.15) is 5.75 Å². The fourth-order valence-corrected chi connectivity index (χ4v) is 3.11. The fourth-order valence-electron chi connectivity index (χ4n) is 3.11. The molecule has 0 spiro atoms. The molecule has 134 valence electrons. The summed E-state index contributed by atoms with van der Waals surface area (Å²) in [6.07, 6.45) is 0. The number of aromatic hydroxyl groups is 1. The zero-order valence-electron chi connectivity index (χ0n) is 14.7. The van der Waals surface area contributed by atoms with Crippen LogP contribution >= 0.6 is 0 Å². The van der Waals surface area contributed by atoms with Gasteiger partial charge in [-0.15, -0.1) is 0 Å². The number of carbonyl (C=O) groups excluding carboxylic acids is 1. The molecule has 1 amide bonds. The van der Waals surface area contributed by atoms with Gasteiger partial charge >= 0.3 is 0 Å². The molecular weight excluding hydrogens is 328 g/mol. The van der Waals surface area contributed by atoms with Crippen molar-refractivity contribution >= 4 is 17.3 Å². The van der Waals surface area contributed by atoms with Crippen molar-refractivity contribution in [1.82, 2.24) is 4.90 Å². The van der Waals surface area contributed by atoms with Gasteiger partial charge in [0.15, 0.2) is 0 Å². The molecule has 2 aromatic carbocycles. The lowest BCUT2D eigenvalue weighted by Gasteiger charge is -2.38. The predicted molar refractivity (Wildman–Crippen MR) is 101 cm³/mol. The number of piperazine rings is 1. The first-order valence-electron chi connectivity index (χ1n) is 8.66. The summed E-state index contributed by atoms with van der Waals surface area (Å²) in [4.78, 5) is 16.9. The van der Waals surface area contributed by atoms with E-state index >= 15 is 0 Å². The molecule has 3 rings (SSSR count). The molecule has 6 heteroatoms. The van der Waals surface area contributed by atoms with Crippen LogP contribution in [0.3, 0.4) is 0 Å². The fraction of sp³-hybridized carbons (Fsp3) is 0.300. The van der Waals surface area contributed by atoms with Gasteiger partial charge in [-0.1, -0.05) is 6.07 Å². The molecule has 1 aliphatic heterocycles. The van der Waals surface area contributed by atoms with Crippen LogP contribution < -0.4 is 10.2 Å². The number of nitrogens with zero attached hydrogens (tertiary/aromatic N) is 3. The number of phenols is 1. The third-order valence-electron chi connectivity index (χ3n) is 4.72. The maximum atomic E-state index is 12.5. The van der Waals surface area contributed by atoms with Crippen LogP contribution in [-0.2, 0) is 4.79 Å². The Morgan fingerprint density at radius 2 is 1.85 bits per heavy atom. The standard InChI is InChI=1S/C20H22N4O2/c1-15(20(26)22-17-4-2-3-16(13-17)14-21)23-9-11-24(12-10-23)18-5-7-19(25)8-6-18/h2-8,13,15,25H,9-12H2,1H3,(H,22,26)/t15-/m1/s1. The van der Waals surface area contributed by atoms with E-state index in [9.17, 15) is 9.90 Å². The maximum Gasteiger partial charge on any atom is 0.241 e. The van der Waals surface area contributed by atoms with Crippen LogP contribution in [0.1, 0.15) is 12.5 Å². The molecule has 0 unspecified atom stereocenters. The monoisotopic (exact) mass is 350 g/mol. The lowest BCUT2D eigenvalue weighted by atomic mass is 10.1. The largest absolute Gasteiger partial charge is 0.508 e. The first-order valence-corrected chi connectivity index (χ1v) is 8.66. The molecule has 1 heterocycles. The van der Waals surface area contributed by atoms with Crippen LogP contribution in [0.15, 0.2) is 48.5 Å². The minimum atomic E-state index is -0.247. The van der Waals surface area contributed by atoms with Gasteiger partial charge in [-0.25, -0.2) is 0 Å². The van der Waals surface area contributed by atoms with Crippen molar-refractivity contribution in [2.24, 2.45) is 0 Å². The Morgan fingerprint density at radius 3 is 2.50 bits per heavy atom. The molecule has 0 saturated carbocycles. The van der Waals surface area contributed by atoms with Crippen molar-refractivity contribution < 1.29 is 9.90 Å². The molecule has 0 bridgehead atoms. The predicted octanol–water partition coefficient (Wildman–Crippen LogP) is 2.41. The molecule has 1 saturated heterocycles. The summed E-state index contributed by atoms with van der Waals surface area (Å²) in [6, 6.07) is 15.9. The molecule has 1 aliphatic rings. The highest BCUT2D eigenvalue weighted by atomic mass is 16.3. The minimum Gasteiger partial charge on any atom is -0.508 e. The number of amides is 1. The van der Waals surface area contributed by atoms with Gasteiger partial charge in [-0.05, 0) is 49.4 Å². The van der Waals surface area contributed by atoms with Gasteiger partial charge in [0.25, 0.3) is 0 Å². The van der Waals surface area contributed by atoms with Crippen LogP contribution in [0, 0.1) is 11.3 Å². The van der Waals surface area contributed by atoms with Gasteiger partial charge in [0, 0.05) is 37.6 Å². The number of benzene rings is 2. The number of hydrogen-bond acceptors (Lipinski definition) is 5. The molecule has 26 heavy (non-hydrogen) atoms.